The molecule has 13 heteroatoms. The molecule has 0 spiro atoms. The van der Waals surface area contributed by atoms with Gasteiger partial charge in [0, 0.05) is 23.9 Å². The van der Waals surface area contributed by atoms with Gasteiger partial charge in [0.2, 0.25) is 0 Å². The quantitative estimate of drug-likeness (QED) is 0.0553. The van der Waals surface area contributed by atoms with E-state index in [1.165, 1.54) is 66.7 Å². The summed E-state index contributed by atoms with van der Waals surface area (Å²) in [7, 11) is 0. The van der Waals surface area contributed by atoms with Gasteiger partial charge < -0.3 is 30.4 Å². The molecule has 0 heterocycles. The van der Waals surface area contributed by atoms with Gasteiger partial charge in [0.25, 0.3) is 0 Å². The van der Waals surface area contributed by atoms with Gasteiger partial charge >= 0.3 is 24.2 Å². The molecule has 0 atom stereocenters. The number of rotatable bonds is 16. The smallest absolute Gasteiger partial charge is 0.426 e. The summed E-state index contributed by atoms with van der Waals surface area (Å²) in [6.07, 6.45) is -5.16. The van der Waals surface area contributed by atoms with Gasteiger partial charge in [-0.2, -0.15) is 22.0 Å². The van der Waals surface area contributed by atoms with Crippen LogP contribution in [0.3, 0.4) is 0 Å². The Labute approximate surface area is 256 Å². The molecular weight excluding hydrogens is 603 g/mol. The first-order valence-corrected chi connectivity index (χ1v) is 14.0. The van der Waals surface area contributed by atoms with Crippen molar-refractivity contribution in [1.82, 2.24) is 0 Å². The molecule has 0 aliphatic heterocycles. The first kappa shape index (κ1) is 34.7. The highest BCUT2D eigenvalue weighted by atomic mass is 19.4. The van der Waals surface area contributed by atoms with E-state index in [9.17, 15) is 31.5 Å². The Bertz CT molecular complexity index is 1410. The number of nitrogens with two attached hydrogens (primary N) is 2. The fourth-order valence-corrected chi connectivity index (χ4v) is 3.85. The Morgan fingerprint density at radius 1 is 0.711 bits per heavy atom. The van der Waals surface area contributed by atoms with Gasteiger partial charge in [0.05, 0.1) is 30.9 Å². The van der Waals surface area contributed by atoms with Crippen LogP contribution in [0.25, 0.3) is 6.08 Å². The van der Waals surface area contributed by atoms with Crippen LogP contribution in [0.5, 0.6) is 11.5 Å². The van der Waals surface area contributed by atoms with Crippen molar-refractivity contribution >= 4 is 29.4 Å². The standard InChI is InChI=1S/C32H33F5N2O6/c33-31(34,35)15-1-2-16-42-27-12-8-24(9-13-27)32(36,37)45-28-10-5-22(6-11-28)7-14-29(40)43-17-3-4-18-44-30(41)23-19-25(38)21-26(39)20-23/h5-14,19-21H,1-4,15-18,38-39H2/b14-7+. The molecule has 0 unspecified atom stereocenters. The summed E-state index contributed by atoms with van der Waals surface area (Å²) >= 11 is 0. The van der Waals surface area contributed by atoms with Crippen LogP contribution in [-0.4, -0.2) is 37.9 Å². The summed E-state index contributed by atoms with van der Waals surface area (Å²) in [5, 5.41) is 0. The lowest BCUT2D eigenvalue weighted by molar-refractivity contribution is -0.185. The lowest BCUT2D eigenvalue weighted by Crippen LogP contribution is -2.21. The van der Waals surface area contributed by atoms with Gasteiger partial charge in [-0.1, -0.05) is 12.1 Å². The number of nitrogen functional groups attached to an aromatic ring is 2. The second-order valence-corrected chi connectivity index (χ2v) is 9.87. The molecule has 0 saturated carbocycles. The number of halogens is 5. The number of hydrogen-bond acceptors (Lipinski definition) is 8. The first-order valence-electron chi connectivity index (χ1n) is 14.0. The fourth-order valence-electron chi connectivity index (χ4n) is 3.85. The van der Waals surface area contributed by atoms with Crippen LogP contribution in [0.2, 0.25) is 0 Å². The number of carbonyl (C=O) groups excluding carboxylic acids is 2. The minimum absolute atomic E-state index is 0.0304. The average molecular weight is 637 g/mol. The highest BCUT2D eigenvalue weighted by Crippen LogP contribution is 2.33. The molecule has 3 aromatic rings. The van der Waals surface area contributed by atoms with E-state index in [1.54, 1.807) is 0 Å². The van der Waals surface area contributed by atoms with Crippen molar-refractivity contribution in [1.29, 1.82) is 0 Å². The second-order valence-electron chi connectivity index (χ2n) is 9.87. The number of ether oxygens (including phenoxy) is 4. The van der Waals surface area contributed by atoms with Crippen LogP contribution >= 0.6 is 0 Å². The van der Waals surface area contributed by atoms with Gasteiger partial charge in [-0.05, 0) is 91.9 Å². The molecule has 0 saturated heterocycles. The number of carbonyl (C=O) groups is 2. The molecule has 45 heavy (non-hydrogen) atoms. The summed E-state index contributed by atoms with van der Waals surface area (Å²) in [5.74, 6) is -1.04. The summed E-state index contributed by atoms with van der Waals surface area (Å²) in [6, 6.07) is 14.8. The third-order valence-electron chi connectivity index (χ3n) is 6.08. The number of hydrogen-bond donors (Lipinski definition) is 2. The molecule has 0 aliphatic carbocycles. The summed E-state index contributed by atoms with van der Waals surface area (Å²) in [6.45, 7) is 0.247. The molecule has 0 aliphatic rings. The SMILES string of the molecule is Nc1cc(N)cc(C(=O)OCCCCOC(=O)/C=C/c2ccc(OC(F)(F)c3ccc(OCCCCC(F)(F)F)cc3)cc2)c1. The highest BCUT2D eigenvalue weighted by molar-refractivity contribution is 5.91. The van der Waals surface area contributed by atoms with E-state index in [2.05, 4.69) is 0 Å². The third-order valence-corrected chi connectivity index (χ3v) is 6.08. The maximum absolute atomic E-state index is 14.7. The van der Waals surface area contributed by atoms with Crippen molar-refractivity contribution in [2.24, 2.45) is 0 Å². The third kappa shape index (κ3) is 12.8. The summed E-state index contributed by atoms with van der Waals surface area (Å²) in [5.41, 5.74) is 12.4. The highest BCUT2D eigenvalue weighted by Gasteiger charge is 2.34. The second kappa shape index (κ2) is 16.3. The van der Waals surface area contributed by atoms with Crippen LogP contribution in [0.4, 0.5) is 33.3 Å². The predicted molar refractivity (Wildman–Crippen MR) is 158 cm³/mol. The van der Waals surface area contributed by atoms with Crippen molar-refractivity contribution in [3.8, 4) is 11.5 Å². The first-order chi connectivity index (χ1) is 21.3. The van der Waals surface area contributed by atoms with Gasteiger partial charge in [-0.25, -0.2) is 9.59 Å². The number of anilines is 2. The van der Waals surface area contributed by atoms with Gasteiger partial charge in [-0.15, -0.1) is 0 Å². The topological polar surface area (TPSA) is 123 Å². The van der Waals surface area contributed by atoms with Crippen molar-refractivity contribution in [2.75, 3.05) is 31.3 Å². The minimum Gasteiger partial charge on any atom is -0.494 e. The van der Waals surface area contributed by atoms with Crippen LogP contribution in [0.15, 0.2) is 72.8 Å². The van der Waals surface area contributed by atoms with Crippen molar-refractivity contribution < 1.29 is 50.5 Å². The normalized spacial score (nSPS) is 11.8. The molecule has 3 aromatic carbocycles. The Balaban J connectivity index is 1.35. The lowest BCUT2D eigenvalue weighted by Gasteiger charge is -2.18. The van der Waals surface area contributed by atoms with Crippen molar-refractivity contribution in [2.45, 2.75) is 44.4 Å². The van der Waals surface area contributed by atoms with Gasteiger partial charge in [-0.3, -0.25) is 0 Å². The van der Waals surface area contributed by atoms with Gasteiger partial charge in [0.1, 0.15) is 11.5 Å². The van der Waals surface area contributed by atoms with E-state index < -0.39 is 36.2 Å². The fraction of sp³-hybridized carbons (Fsp3) is 0.312. The van der Waals surface area contributed by atoms with Crippen molar-refractivity contribution in [3.63, 3.8) is 0 Å². The molecule has 3 rings (SSSR count). The molecule has 8 nitrogen and oxygen atoms in total. The lowest BCUT2D eigenvalue weighted by atomic mass is 10.2. The van der Waals surface area contributed by atoms with Crippen molar-refractivity contribution in [3.05, 3.63) is 89.5 Å². The van der Waals surface area contributed by atoms with Crippen LogP contribution in [0.1, 0.15) is 53.6 Å². The van der Waals surface area contributed by atoms with Crippen LogP contribution in [-0.2, 0) is 20.4 Å². The molecule has 4 N–H and O–H groups in total. The van der Waals surface area contributed by atoms with E-state index in [0.717, 1.165) is 12.1 Å². The molecule has 0 amide bonds. The minimum atomic E-state index is -4.22. The molecule has 0 bridgehead atoms. The van der Waals surface area contributed by atoms with E-state index in [1.807, 2.05) is 0 Å². The Morgan fingerprint density at radius 3 is 1.91 bits per heavy atom. The molecule has 0 fully saturated rings. The summed E-state index contributed by atoms with van der Waals surface area (Å²) < 4.78 is 86.3. The van der Waals surface area contributed by atoms with Crippen LogP contribution < -0.4 is 20.9 Å². The largest absolute Gasteiger partial charge is 0.494 e. The maximum atomic E-state index is 14.7. The molecule has 242 valence electrons. The zero-order valence-corrected chi connectivity index (χ0v) is 24.2. The number of unbranched alkanes of at least 4 members (excludes halogenated alkanes) is 2. The number of alkyl halides is 5. The Morgan fingerprint density at radius 2 is 1.29 bits per heavy atom. The summed E-state index contributed by atoms with van der Waals surface area (Å²) in [4.78, 5) is 24.0. The molecule has 0 radical (unpaired) electrons. The van der Waals surface area contributed by atoms with E-state index in [4.69, 9.17) is 30.4 Å². The monoisotopic (exact) mass is 636 g/mol. The Hall–Kier alpha value is -4.81. The predicted octanol–water partition coefficient (Wildman–Crippen LogP) is 7.28. The molecule has 0 aromatic heterocycles. The zero-order valence-electron chi connectivity index (χ0n) is 24.2. The molecular formula is C32H33F5N2O6. The van der Waals surface area contributed by atoms with Crippen LogP contribution in [0, 0.1) is 0 Å². The number of esters is 2. The van der Waals surface area contributed by atoms with E-state index >= 15 is 0 Å². The Kier molecular flexibility index (Phi) is 12.6. The number of benzene rings is 3. The zero-order chi connectivity index (χ0) is 32.9. The van der Waals surface area contributed by atoms with Gasteiger partial charge in [0.15, 0.2) is 0 Å². The van der Waals surface area contributed by atoms with E-state index in [0.29, 0.717) is 29.8 Å². The van der Waals surface area contributed by atoms with E-state index in [-0.39, 0.29) is 49.7 Å². The maximum Gasteiger partial charge on any atom is 0.426 e. The average Bonchev–Trinajstić information content (AvgIpc) is 2.97.